The van der Waals surface area contributed by atoms with Crippen molar-refractivity contribution in [2.45, 2.75) is 35.9 Å². The van der Waals surface area contributed by atoms with Crippen LogP contribution in [0.25, 0.3) is 5.69 Å². The molecule has 1 aromatic heterocycles. The lowest BCUT2D eigenvalue weighted by molar-refractivity contribution is -0.130. The van der Waals surface area contributed by atoms with Crippen LogP contribution in [-0.4, -0.2) is 51.9 Å². The van der Waals surface area contributed by atoms with Gasteiger partial charge in [0.05, 0.1) is 48.0 Å². The molecule has 0 saturated carbocycles. The molecule has 2 aliphatic rings. The Morgan fingerprint density at radius 3 is 2.31 bits per heavy atom. The van der Waals surface area contributed by atoms with Gasteiger partial charge in [-0.05, 0) is 66.6 Å². The largest absolute Gasteiger partial charge is 0.497 e. The van der Waals surface area contributed by atoms with Gasteiger partial charge in [0.1, 0.15) is 11.5 Å². The minimum atomic E-state index is -0.232. The summed E-state index contributed by atoms with van der Waals surface area (Å²) in [5, 5.41) is 6.91. The molecule has 0 spiro atoms. The summed E-state index contributed by atoms with van der Waals surface area (Å²) in [7, 11) is 3.24. The number of benzene rings is 3. The van der Waals surface area contributed by atoms with E-state index in [4.69, 9.17) is 19.6 Å². The predicted octanol–water partition coefficient (Wildman–Crippen LogP) is 5.68. The van der Waals surface area contributed by atoms with Gasteiger partial charge < -0.3 is 9.47 Å². The second kappa shape index (κ2) is 12.1. The molecule has 3 heterocycles. The Morgan fingerprint density at radius 1 is 0.976 bits per heavy atom. The second-order valence-electron chi connectivity index (χ2n) is 10.0. The maximum Gasteiger partial charge on any atom is 0.272 e. The van der Waals surface area contributed by atoms with Crippen LogP contribution in [0.1, 0.15) is 34.8 Å². The van der Waals surface area contributed by atoms with Crippen LogP contribution < -0.4 is 15.0 Å². The molecule has 3 aromatic carbocycles. The summed E-state index contributed by atoms with van der Waals surface area (Å²) in [5.74, 6) is 2.21. The first-order valence-corrected chi connectivity index (χ1v) is 15.6. The highest BCUT2D eigenvalue weighted by Crippen LogP contribution is 2.35. The number of hydrogen-bond donors (Lipinski definition) is 0. The molecule has 0 N–H and O–H groups in total. The SMILES string of the molecule is COc1ccc(C2=NN(C(=O)CSc3nc4c(c(=O)n3-c3ccc(OC)cc3)SCC4)C(c3ccc(C)cc3)C2)cc1. The molecule has 1 amide bonds. The first-order valence-electron chi connectivity index (χ1n) is 13.6. The van der Waals surface area contributed by atoms with Crippen molar-refractivity contribution in [1.29, 1.82) is 0 Å². The molecule has 214 valence electrons. The number of hydrazone groups is 1. The fourth-order valence-electron chi connectivity index (χ4n) is 5.09. The van der Waals surface area contributed by atoms with Crippen LogP contribution in [0.5, 0.6) is 11.5 Å². The molecule has 0 aliphatic carbocycles. The smallest absolute Gasteiger partial charge is 0.272 e. The van der Waals surface area contributed by atoms with Crippen molar-refractivity contribution < 1.29 is 14.3 Å². The van der Waals surface area contributed by atoms with Gasteiger partial charge in [0.2, 0.25) is 0 Å². The summed E-state index contributed by atoms with van der Waals surface area (Å²) in [6, 6.07) is 23.0. The van der Waals surface area contributed by atoms with E-state index in [2.05, 4.69) is 24.3 Å². The van der Waals surface area contributed by atoms with Gasteiger partial charge in [0, 0.05) is 18.6 Å². The number of rotatable bonds is 8. The highest BCUT2D eigenvalue weighted by molar-refractivity contribution is 8.00. The molecule has 6 rings (SSSR count). The lowest BCUT2D eigenvalue weighted by atomic mass is 9.97. The van der Waals surface area contributed by atoms with Crippen molar-refractivity contribution >= 4 is 35.1 Å². The van der Waals surface area contributed by atoms with E-state index < -0.39 is 0 Å². The number of hydrogen-bond acceptors (Lipinski definition) is 8. The van der Waals surface area contributed by atoms with Gasteiger partial charge in [-0.25, -0.2) is 9.99 Å². The molecule has 0 saturated heterocycles. The minimum Gasteiger partial charge on any atom is -0.497 e. The highest BCUT2D eigenvalue weighted by Gasteiger charge is 2.33. The van der Waals surface area contributed by atoms with E-state index in [0.717, 1.165) is 46.0 Å². The van der Waals surface area contributed by atoms with Crippen molar-refractivity contribution in [2.24, 2.45) is 5.10 Å². The van der Waals surface area contributed by atoms with Crippen LogP contribution in [0.4, 0.5) is 0 Å². The first-order chi connectivity index (χ1) is 20.4. The molecule has 2 aliphatic heterocycles. The van der Waals surface area contributed by atoms with Gasteiger partial charge in [0.15, 0.2) is 5.16 Å². The number of nitrogens with zero attached hydrogens (tertiary/aromatic N) is 4. The molecule has 1 atom stereocenters. The normalized spacial score (nSPS) is 15.8. The fraction of sp³-hybridized carbons (Fsp3) is 0.250. The summed E-state index contributed by atoms with van der Waals surface area (Å²) in [4.78, 5) is 32.9. The van der Waals surface area contributed by atoms with E-state index in [1.165, 1.54) is 23.5 Å². The van der Waals surface area contributed by atoms with E-state index in [9.17, 15) is 9.59 Å². The van der Waals surface area contributed by atoms with Crippen molar-refractivity contribution in [3.8, 4) is 17.2 Å². The Morgan fingerprint density at radius 2 is 1.64 bits per heavy atom. The molecule has 0 bridgehead atoms. The number of carbonyl (C=O) groups is 1. The van der Waals surface area contributed by atoms with Crippen LogP contribution in [0.3, 0.4) is 0 Å². The van der Waals surface area contributed by atoms with E-state index in [-0.39, 0.29) is 23.3 Å². The number of carbonyl (C=O) groups excluding carboxylic acids is 1. The van der Waals surface area contributed by atoms with Gasteiger partial charge in [-0.2, -0.15) is 5.10 Å². The monoisotopic (exact) mass is 598 g/mol. The topological polar surface area (TPSA) is 86.0 Å². The average molecular weight is 599 g/mol. The van der Waals surface area contributed by atoms with Crippen LogP contribution in [0.15, 0.2) is 92.7 Å². The highest BCUT2D eigenvalue weighted by atomic mass is 32.2. The number of methoxy groups -OCH3 is 2. The van der Waals surface area contributed by atoms with Gasteiger partial charge in [-0.15, -0.1) is 11.8 Å². The molecule has 0 radical (unpaired) electrons. The van der Waals surface area contributed by atoms with Gasteiger partial charge in [0.25, 0.3) is 11.5 Å². The first kappa shape index (κ1) is 28.1. The Kier molecular flexibility index (Phi) is 8.08. The lowest BCUT2D eigenvalue weighted by Crippen LogP contribution is -2.29. The van der Waals surface area contributed by atoms with Gasteiger partial charge >= 0.3 is 0 Å². The fourth-order valence-corrected chi connectivity index (χ4v) is 6.99. The molecular weight excluding hydrogens is 569 g/mol. The van der Waals surface area contributed by atoms with Crippen LogP contribution in [-0.2, 0) is 11.2 Å². The quantitative estimate of drug-likeness (QED) is 0.191. The number of fused-ring (bicyclic) bond motifs is 1. The van der Waals surface area contributed by atoms with Crippen molar-refractivity contribution in [1.82, 2.24) is 14.6 Å². The van der Waals surface area contributed by atoms with E-state index in [0.29, 0.717) is 27.9 Å². The Labute approximate surface area is 252 Å². The molecule has 4 aromatic rings. The predicted molar refractivity (Wildman–Crippen MR) is 166 cm³/mol. The maximum absolute atomic E-state index is 13.8. The average Bonchev–Trinajstić information content (AvgIpc) is 3.69. The summed E-state index contributed by atoms with van der Waals surface area (Å²) >= 11 is 2.80. The zero-order chi connectivity index (χ0) is 29.2. The number of ether oxygens (including phenoxy) is 2. The summed E-state index contributed by atoms with van der Waals surface area (Å²) < 4.78 is 12.2. The minimum absolute atomic E-state index is 0.0796. The molecule has 10 heteroatoms. The Bertz CT molecular complexity index is 1700. The third-order valence-corrected chi connectivity index (χ3v) is 9.40. The third kappa shape index (κ3) is 5.56. The van der Waals surface area contributed by atoms with Crippen LogP contribution in [0, 0.1) is 6.92 Å². The summed E-state index contributed by atoms with van der Waals surface area (Å²) in [5.41, 5.74) is 5.32. The number of amides is 1. The Balaban J connectivity index is 1.31. The third-order valence-electron chi connectivity index (χ3n) is 7.37. The molecule has 42 heavy (non-hydrogen) atoms. The number of aromatic nitrogens is 2. The van der Waals surface area contributed by atoms with E-state index in [1.54, 1.807) is 23.8 Å². The van der Waals surface area contributed by atoms with Crippen molar-refractivity contribution in [2.75, 3.05) is 25.7 Å². The van der Waals surface area contributed by atoms with Crippen molar-refractivity contribution in [3.05, 3.63) is 106 Å². The van der Waals surface area contributed by atoms with Gasteiger partial charge in [-0.3, -0.25) is 14.2 Å². The van der Waals surface area contributed by atoms with E-state index >= 15 is 0 Å². The van der Waals surface area contributed by atoms with Crippen LogP contribution >= 0.6 is 23.5 Å². The number of thioether (sulfide) groups is 2. The molecule has 0 fully saturated rings. The van der Waals surface area contributed by atoms with Crippen LogP contribution in [0.2, 0.25) is 0 Å². The molecule has 1 unspecified atom stereocenters. The molecule has 8 nitrogen and oxygen atoms in total. The van der Waals surface area contributed by atoms with Crippen molar-refractivity contribution in [3.63, 3.8) is 0 Å². The standard InChI is InChI=1S/C32H30N4O4S2/c1-20-4-6-22(7-5-20)28-18-27(21-8-12-24(39-2)13-9-21)34-36(28)29(37)19-42-32-33-26-16-17-41-30(26)31(38)35(32)23-10-14-25(40-3)15-11-23/h4-15,28H,16-19H2,1-3H3. The Hall–Kier alpha value is -4.02. The molecular formula is C32H30N4O4S2. The summed E-state index contributed by atoms with van der Waals surface area (Å²) in [6.45, 7) is 2.04. The summed E-state index contributed by atoms with van der Waals surface area (Å²) in [6.07, 6.45) is 1.33. The lowest BCUT2D eigenvalue weighted by Gasteiger charge is -2.22. The van der Waals surface area contributed by atoms with Gasteiger partial charge in [-0.1, -0.05) is 41.6 Å². The zero-order valence-corrected chi connectivity index (χ0v) is 25.2. The zero-order valence-electron chi connectivity index (χ0n) is 23.6. The maximum atomic E-state index is 13.8. The second-order valence-corrected chi connectivity index (χ2v) is 12.1. The van der Waals surface area contributed by atoms with E-state index in [1.807, 2.05) is 55.5 Å². The number of aryl methyl sites for hydroxylation is 2.